The summed E-state index contributed by atoms with van der Waals surface area (Å²) in [5, 5.41) is 0. The molecule has 1 aliphatic rings. The largest absolute Gasteiger partial charge is 0.457 e. The van der Waals surface area contributed by atoms with Gasteiger partial charge in [-0.25, -0.2) is 4.79 Å². The lowest BCUT2D eigenvalue weighted by Crippen LogP contribution is -2.22. The lowest BCUT2D eigenvalue weighted by atomic mass is 10.1. The first kappa shape index (κ1) is 20.1. The number of carbonyl (C=O) groups is 2. The van der Waals surface area contributed by atoms with Gasteiger partial charge in [-0.2, -0.15) is 0 Å². The van der Waals surface area contributed by atoms with Crippen molar-refractivity contribution in [2.45, 2.75) is 6.61 Å². The third kappa shape index (κ3) is 4.37. The Morgan fingerprint density at radius 1 is 1.10 bits per heavy atom. The maximum atomic E-state index is 12.2. The summed E-state index contributed by atoms with van der Waals surface area (Å²) in [5.41, 5.74) is 2.22. The second kappa shape index (κ2) is 8.69. The van der Waals surface area contributed by atoms with E-state index in [1.807, 2.05) is 36.4 Å². The van der Waals surface area contributed by atoms with Gasteiger partial charge in [-0.1, -0.05) is 66.4 Å². The molecule has 5 nitrogen and oxygen atoms in total. The van der Waals surface area contributed by atoms with Gasteiger partial charge in [0.2, 0.25) is 0 Å². The number of hydrogen-bond acceptors (Lipinski definition) is 6. The Morgan fingerprint density at radius 2 is 1.83 bits per heavy atom. The maximum Gasteiger partial charge on any atom is 0.338 e. The minimum Gasteiger partial charge on any atom is -0.457 e. The second-order valence-electron chi connectivity index (χ2n) is 6.58. The second-order valence-corrected chi connectivity index (χ2v) is 8.26. The predicted octanol–water partition coefficient (Wildman–Crippen LogP) is 5.13. The van der Waals surface area contributed by atoms with Crippen LogP contribution in [0.3, 0.4) is 0 Å². The first-order valence-electron chi connectivity index (χ1n) is 9.14. The Morgan fingerprint density at radius 3 is 2.50 bits per heavy atom. The standard InChI is InChI=1S/C23H17NO4S2/c1-24-21(25)20(30-23(24)29)13-18-11-12-19(28-18)16-7-9-17(10-8-16)22(26)27-14-15-5-3-2-4-6-15/h2-13H,14H2,1H3. The molecule has 30 heavy (non-hydrogen) atoms. The highest BCUT2D eigenvalue weighted by atomic mass is 32.2. The highest BCUT2D eigenvalue weighted by Crippen LogP contribution is 2.32. The molecule has 4 rings (SSSR count). The van der Waals surface area contributed by atoms with E-state index in [0.29, 0.717) is 26.3 Å². The van der Waals surface area contributed by atoms with Gasteiger partial charge in [0, 0.05) is 18.7 Å². The van der Waals surface area contributed by atoms with Gasteiger partial charge in [0.25, 0.3) is 5.91 Å². The molecule has 1 aromatic heterocycles. The monoisotopic (exact) mass is 435 g/mol. The molecule has 1 fully saturated rings. The molecule has 0 spiro atoms. The summed E-state index contributed by atoms with van der Waals surface area (Å²) in [6.07, 6.45) is 1.68. The van der Waals surface area contributed by atoms with Crippen LogP contribution in [0.2, 0.25) is 0 Å². The molecule has 2 heterocycles. The summed E-state index contributed by atoms with van der Waals surface area (Å²) in [4.78, 5) is 26.3. The van der Waals surface area contributed by atoms with Gasteiger partial charge < -0.3 is 9.15 Å². The average Bonchev–Trinajstić information content (AvgIpc) is 3.33. The van der Waals surface area contributed by atoms with E-state index in [0.717, 1.165) is 11.1 Å². The molecule has 0 aliphatic carbocycles. The first-order valence-corrected chi connectivity index (χ1v) is 10.4. The lowest BCUT2D eigenvalue weighted by molar-refractivity contribution is -0.121. The highest BCUT2D eigenvalue weighted by molar-refractivity contribution is 8.26. The van der Waals surface area contributed by atoms with E-state index in [9.17, 15) is 9.59 Å². The molecular formula is C23H17NO4S2. The first-order chi connectivity index (χ1) is 14.5. The van der Waals surface area contributed by atoms with Gasteiger partial charge in [-0.05, 0) is 29.8 Å². The fourth-order valence-corrected chi connectivity index (χ4v) is 4.00. The molecule has 0 radical (unpaired) electrons. The van der Waals surface area contributed by atoms with Crippen LogP contribution in [0.5, 0.6) is 0 Å². The van der Waals surface area contributed by atoms with Gasteiger partial charge in [0.1, 0.15) is 22.4 Å². The third-order valence-electron chi connectivity index (χ3n) is 4.50. The van der Waals surface area contributed by atoms with E-state index >= 15 is 0 Å². The lowest BCUT2D eigenvalue weighted by Gasteiger charge is -2.05. The number of esters is 1. The van der Waals surface area contributed by atoms with Crippen LogP contribution in [0.15, 0.2) is 76.1 Å². The van der Waals surface area contributed by atoms with E-state index in [4.69, 9.17) is 21.4 Å². The fourth-order valence-electron chi connectivity index (χ4n) is 2.84. The average molecular weight is 436 g/mol. The van der Waals surface area contributed by atoms with Crippen molar-refractivity contribution in [3.63, 3.8) is 0 Å². The maximum absolute atomic E-state index is 12.2. The number of benzene rings is 2. The van der Waals surface area contributed by atoms with Crippen LogP contribution in [0.1, 0.15) is 21.7 Å². The van der Waals surface area contributed by atoms with Crippen molar-refractivity contribution < 1.29 is 18.7 Å². The number of thioether (sulfide) groups is 1. The Balaban J connectivity index is 1.43. The molecule has 1 saturated heterocycles. The zero-order valence-corrected chi connectivity index (χ0v) is 17.7. The zero-order chi connectivity index (χ0) is 21.1. The van der Waals surface area contributed by atoms with Crippen LogP contribution >= 0.6 is 24.0 Å². The number of furan rings is 1. The summed E-state index contributed by atoms with van der Waals surface area (Å²) in [6, 6.07) is 20.1. The van der Waals surface area contributed by atoms with Gasteiger partial charge in [0.05, 0.1) is 10.5 Å². The smallest absolute Gasteiger partial charge is 0.338 e. The molecule has 0 unspecified atom stereocenters. The molecule has 0 saturated carbocycles. The number of thiocarbonyl (C=S) groups is 1. The van der Waals surface area contributed by atoms with Gasteiger partial charge in [-0.15, -0.1) is 0 Å². The normalized spacial score (nSPS) is 15.1. The molecule has 150 valence electrons. The van der Waals surface area contributed by atoms with Gasteiger partial charge in [-0.3, -0.25) is 9.69 Å². The molecule has 3 aromatic rings. The summed E-state index contributed by atoms with van der Waals surface area (Å²) in [6.45, 7) is 0.229. The SMILES string of the molecule is CN1C(=O)C(=Cc2ccc(-c3ccc(C(=O)OCc4ccccc4)cc3)o2)SC1=S. The number of likely N-dealkylation sites (N-methyl/N-ethyl adjacent to an activating group) is 1. The van der Waals surface area contributed by atoms with Crippen LogP contribution in [-0.2, 0) is 16.1 Å². The molecule has 0 N–H and O–H groups in total. The molecule has 0 atom stereocenters. The van der Waals surface area contributed by atoms with Crippen LogP contribution < -0.4 is 0 Å². The Kier molecular flexibility index (Phi) is 5.83. The van der Waals surface area contributed by atoms with Crippen LogP contribution in [0.4, 0.5) is 0 Å². The van der Waals surface area contributed by atoms with Crippen molar-refractivity contribution in [2.24, 2.45) is 0 Å². The van der Waals surface area contributed by atoms with Gasteiger partial charge >= 0.3 is 5.97 Å². The quantitative estimate of drug-likeness (QED) is 0.314. The van der Waals surface area contributed by atoms with Crippen molar-refractivity contribution in [3.05, 3.63) is 88.5 Å². The number of amides is 1. The summed E-state index contributed by atoms with van der Waals surface area (Å²) >= 11 is 6.38. The van der Waals surface area contributed by atoms with E-state index < -0.39 is 0 Å². The topological polar surface area (TPSA) is 59.8 Å². The van der Waals surface area contributed by atoms with Crippen molar-refractivity contribution in [1.29, 1.82) is 0 Å². The number of nitrogens with zero attached hydrogens (tertiary/aromatic N) is 1. The van der Waals surface area contributed by atoms with Crippen molar-refractivity contribution in [1.82, 2.24) is 4.90 Å². The minimum absolute atomic E-state index is 0.138. The van der Waals surface area contributed by atoms with Crippen LogP contribution in [-0.4, -0.2) is 28.1 Å². The molecule has 2 aromatic carbocycles. The number of carbonyl (C=O) groups excluding carboxylic acids is 2. The summed E-state index contributed by atoms with van der Waals surface area (Å²) < 4.78 is 11.7. The van der Waals surface area contributed by atoms with Gasteiger partial charge in [0.15, 0.2) is 0 Å². The zero-order valence-electron chi connectivity index (χ0n) is 16.0. The highest BCUT2D eigenvalue weighted by Gasteiger charge is 2.29. The van der Waals surface area contributed by atoms with Crippen LogP contribution in [0.25, 0.3) is 17.4 Å². The molecule has 1 aliphatic heterocycles. The molecular weight excluding hydrogens is 418 g/mol. The van der Waals surface area contributed by atoms with Crippen molar-refractivity contribution in [2.75, 3.05) is 7.05 Å². The van der Waals surface area contributed by atoms with E-state index in [-0.39, 0.29) is 18.5 Å². The van der Waals surface area contributed by atoms with Crippen molar-refractivity contribution in [3.8, 4) is 11.3 Å². The van der Waals surface area contributed by atoms with E-state index in [1.165, 1.54) is 16.7 Å². The van der Waals surface area contributed by atoms with Crippen LogP contribution in [0, 0.1) is 0 Å². The summed E-state index contributed by atoms with van der Waals surface area (Å²) in [5.74, 6) is 0.677. The Bertz CT molecular complexity index is 1130. The van der Waals surface area contributed by atoms with Crippen molar-refractivity contribution >= 4 is 46.3 Å². The predicted molar refractivity (Wildman–Crippen MR) is 121 cm³/mol. The number of rotatable bonds is 5. The molecule has 0 bridgehead atoms. The Labute approximate surface area is 183 Å². The minimum atomic E-state index is -0.382. The summed E-state index contributed by atoms with van der Waals surface area (Å²) in [7, 11) is 1.65. The van der Waals surface area contributed by atoms with E-state index in [1.54, 1.807) is 43.5 Å². The fraction of sp³-hybridized carbons (Fsp3) is 0.0870. The molecule has 7 heteroatoms. The molecule has 1 amide bonds. The van der Waals surface area contributed by atoms with E-state index in [2.05, 4.69) is 0 Å². The Hall–Kier alpha value is -3.16. The third-order valence-corrected chi connectivity index (χ3v) is 5.99. The number of hydrogen-bond donors (Lipinski definition) is 0. The number of ether oxygens (including phenoxy) is 1.